The van der Waals surface area contributed by atoms with Gasteiger partial charge in [-0.25, -0.2) is 0 Å². The van der Waals surface area contributed by atoms with Crippen molar-refractivity contribution in [3.8, 4) is 0 Å². The first kappa shape index (κ1) is 12.1. The smallest absolute Gasteiger partial charge is 0.313 e. The van der Waals surface area contributed by atoms with Gasteiger partial charge in [0.15, 0.2) is 0 Å². The Labute approximate surface area is 95.2 Å². The molecule has 0 radical (unpaired) electrons. The normalized spacial score (nSPS) is 12.6. The minimum atomic E-state index is -0.318. The molecule has 0 aliphatic heterocycles. The average Bonchev–Trinajstić information content (AvgIpc) is 2.16. The van der Waals surface area contributed by atoms with Gasteiger partial charge in [-0.3, -0.25) is 4.79 Å². The van der Waals surface area contributed by atoms with Crippen LogP contribution in [-0.4, -0.2) is 12.1 Å². The lowest BCUT2D eigenvalue weighted by atomic mass is 10.0. The standard InChI is InChI=1S/C12H15ClO2/c1-8(2)15-12(14)9(3)10-6-4-5-7-11(10)13/h4-9H,1-3H3. The van der Waals surface area contributed by atoms with Crippen molar-refractivity contribution in [2.75, 3.05) is 0 Å². The molecule has 0 aliphatic rings. The Bertz CT molecular complexity index is 347. The van der Waals surface area contributed by atoms with E-state index in [0.717, 1.165) is 5.56 Å². The molecule has 0 saturated heterocycles. The Kier molecular flexibility index (Phi) is 4.15. The third kappa shape index (κ3) is 3.24. The van der Waals surface area contributed by atoms with Gasteiger partial charge in [0, 0.05) is 5.02 Å². The van der Waals surface area contributed by atoms with Crippen LogP contribution < -0.4 is 0 Å². The molecule has 0 heterocycles. The molecule has 15 heavy (non-hydrogen) atoms. The molecule has 1 aromatic carbocycles. The second-order valence-electron chi connectivity index (χ2n) is 3.73. The minimum absolute atomic E-state index is 0.0950. The summed E-state index contributed by atoms with van der Waals surface area (Å²) in [6, 6.07) is 7.32. The molecular weight excluding hydrogens is 212 g/mol. The maximum atomic E-state index is 11.6. The molecule has 0 N–H and O–H groups in total. The fourth-order valence-electron chi connectivity index (χ4n) is 1.29. The van der Waals surface area contributed by atoms with Crippen LogP contribution in [0.1, 0.15) is 32.3 Å². The van der Waals surface area contributed by atoms with Crippen LogP contribution in [0.5, 0.6) is 0 Å². The van der Waals surface area contributed by atoms with E-state index in [1.807, 2.05) is 32.0 Å². The predicted molar refractivity (Wildman–Crippen MR) is 61.1 cm³/mol. The summed E-state index contributed by atoms with van der Waals surface area (Å²) < 4.78 is 5.12. The number of carbonyl (C=O) groups is 1. The van der Waals surface area contributed by atoms with Crippen molar-refractivity contribution in [2.24, 2.45) is 0 Å². The van der Waals surface area contributed by atoms with E-state index in [4.69, 9.17) is 16.3 Å². The number of halogens is 1. The summed E-state index contributed by atoms with van der Waals surface area (Å²) in [6.45, 7) is 5.46. The van der Waals surface area contributed by atoms with Gasteiger partial charge in [0.1, 0.15) is 0 Å². The zero-order chi connectivity index (χ0) is 11.4. The van der Waals surface area contributed by atoms with Gasteiger partial charge in [-0.05, 0) is 32.4 Å². The molecule has 1 rings (SSSR count). The molecule has 0 amide bonds. The zero-order valence-electron chi connectivity index (χ0n) is 9.16. The van der Waals surface area contributed by atoms with E-state index in [-0.39, 0.29) is 18.0 Å². The maximum Gasteiger partial charge on any atom is 0.313 e. The molecule has 0 aromatic heterocycles. The summed E-state index contributed by atoms with van der Waals surface area (Å²) in [6.07, 6.45) is -0.0950. The van der Waals surface area contributed by atoms with E-state index in [1.54, 1.807) is 13.0 Å². The number of esters is 1. The van der Waals surface area contributed by atoms with E-state index in [0.29, 0.717) is 5.02 Å². The number of carbonyl (C=O) groups excluding carboxylic acids is 1. The summed E-state index contributed by atoms with van der Waals surface area (Å²) in [7, 11) is 0. The van der Waals surface area contributed by atoms with Gasteiger partial charge >= 0.3 is 5.97 Å². The first-order valence-electron chi connectivity index (χ1n) is 4.97. The van der Waals surface area contributed by atoms with Crippen molar-refractivity contribution in [3.05, 3.63) is 34.9 Å². The molecule has 0 spiro atoms. The van der Waals surface area contributed by atoms with Crippen LogP contribution in [0.4, 0.5) is 0 Å². The monoisotopic (exact) mass is 226 g/mol. The van der Waals surface area contributed by atoms with Crippen LogP contribution in [0.2, 0.25) is 5.02 Å². The van der Waals surface area contributed by atoms with Crippen molar-refractivity contribution in [1.29, 1.82) is 0 Å². The Morgan fingerprint density at radius 3 is 2.40 bits per heavy atom. The van der Waals surface area contributed by atoms with Crippen LogP contribution in [0.25, 0.3) is 0 Å². The lowest BCUT2D eigenvalue weighted by molar-refractivity contribution is -0.148. The molecule has 1 atom stereocenters. The van der Waals surface area contributed by atoms with E-state index in [2.05, 4.69) is 0 Å². The third-order valence-corrected chi connectivity index (χ3v) is 2.42. The van der Waals surface area contributed by atoms with Gasteiger partial charge < -0.3 is 4.74 Å². The highest BCUT2D eigenvalue weighted by atomic mass is 35.5. The predicted octanol–water partition coefficient (Wildman–Crippen LogP) is 3.40. The summed E-state index contributed by atoms with van der Waals surface area (Å²) in [5.41, 5.74) is 0.810. The zero-order valence-corrected chi connectivity index (χ0v) is 9.91. The molecule has 0 fully saturated rings. The Balaban J connectivity index is 2.81. The van der Waals surface area contributed by atoms with Crippen LogP contribution in [0.15, 0.2) is 24.3 Å². The second kappa shape index (κ2) is 5.17. The average molecular weight is 227 g/mol. The van der Waals surface area contributed by atoms with Crippen LogP contribution in [0, 0.1) is 0 Å². The lowest BCUT2D eigenvalue weighted by Crippen LogP contribution is -2.17. The first-order valence-corrected chi connectivity index (χ1v) is 5.35. The molecule has 1 aromatic rings. The van der Waals surface area contributed by atoms with E-state index in [1.165, 1.54) is 0 Å². The fraction of sp³-hybridized carbons (Fsp3) is 0.417. The molecule has 0 bridgehead atoms. The number of rotatable bonds is 3. The van der Waals surface area contributed by atoms with E-state index in [9.17, 15) is 4.79 Å². The van der Waals surface area contributed by atoms with Crippen molar-refractivity contribution < 1.29 is 9.53 Å². The number of ether oxygens (including phenoxy) is 1. The molecule has 0 saturated carbocycles. The summed E-state index contributed by atoms with van der Waals surface area (Å²) in [4.78, 5) is 11.6. The number of hydrogen-bond acceptors (Lipinski definition) is 2. The summed E-state index contributed by atoms with van der Waals surface area (Å²) in [5, 5.41) is 0.603. The van der Waals surface area contributed by atoms with Crippen molar-refractivity contribution >= 4 is 17.6 Å². The molecule has 2 nitrogen and oxygen atoms in total. The van der Waals surface area contributed by atoms with Crippen molar-refractivity contribution in [3.63, 3.8) is 0 Å². The Morgan fingerprint density at radius 1 is 1.27 bits per heavy atom. The highest BCUT2D eigenvalue weighted by Gasteiger charge is 2.19. The minimum Gasteiger partial charge on any atom is -0.463 e. The lowest BCUT2D eigenvalue weighted by Gasteiger charge is -2.14. The van der Waals surface area contributed by atoms with Crippen molar-refractivity contribution in [1.82, 2.24) is 0 Å². The number of benzene rings is 1. The Hall–Kier alpha value is -1.02. The van der Waals surface area contributed by atoms with Crippen molar-refractivity contribution in [2.45, 2.75) is 32.8 Å². The third-order valence-electron chi connectivity index (χ3n) is 2.08. The summed E-state index contributed by atoms with van der Waals surface area (Å²) >= 11 is 5.99. The quantitative estimate of drug-likeness (QED) is 0.739. The van der Waals surface area contributed by atoms with Gasteiger partial charge in [-0.15, -0.1) is 0 Å². The van der Waals surface area contributed by atoms with Gasteiger partial charge in [0.05, 0.1) is 12.0 Å². The van der Waals surface area contributed by atoms with Gasteiger partial charge in [-0.2, -0.15) is 0 Å². The molecule has 1 unspecified atom stereocenters. The molecule has 3 heteroatoms. The van der Waals surface area contributed by atoms with Gasteiger partial charge in [0.25, 0.3) is 0 Å². The van der Waals surface area contributed by atoms with Crippen LogP contribution in [-0.2, 0) is 9.53 Å². The van der Waals surface area contributed by atoms with Crippen LogP contribution >= 0.6 is 11.6 Å². The fourth-order valence-corrected chi connectivity index (χ4v) is 1.59. The largest absolute Gasteiger partial charge is 0.463 e. The highest BCUT2D eigenvalue weighted by molar-refractivity contribution is 6.31. The molecule has 82 valence electrons. The SMILES string of the molecule is CC(C)OC(=O)C(C)c1ccccc1Cl. The van der Waals surface area contributed by atoms with E-state index >= 15 is 0 Å². The first-order chi connectivity index (χ1) is 7.02. The number of hydrogen-bond donors (Lipinski definition) is 0. The summed E-state index contributed by atoms with van der Waals surface area (Å²) in [5.74, 6) is -0.556. The molecule has 0 aliphatic carbocycles. The maximum absolute atomic E-state index is 11.6. The topological polar surface area (TPSA) is 26.3 Å². The highest BCUT2D eigenvalue weighted by Crippen LogP contribution is 2.25. The van der Waals surface area contributed by atoms with Gasteiger partial charge in [-0.1, -0.05) is 29.8 Å². The molecular formula is C12H15ClO2. The second-order valence-corrected chi connectivity index (χ2v) is 4.14. The van der Waals surface area contributed by atoms with Gasteiger partial charge in [0.2, 0.25) is 0 Å². The van der Waals surface area contributed by atoms with Crippen LogP contribution in [0.3, 0.4) is 0 Å². The van der Waals surface area contributed by atoms with E-state index < -0.39 is 0 Å². The Morgan fingerprint density at radius 2 is 1.87 bits per heavy atom.